The molecular formula is C36H36F5N3O7. The number of aliphatic hydroxyl groups excluding tert-OH is 1. The van der Waals surface area contributed by atoms with E-state index in [4.69, 9.17) is 18.9 Å². The van der Waals surface area contributed by atoms with Crippen LogP contribution in [0, 0.1) is 11.6 Å². The summed E-state index contributed by atoms with van der Waals surface area (Å²) in [6.07, 6.45) is -2.60. The van der Waals surface area contributed by atoms with Gasteiger partial charge in [0.2, 0.25) is 5.82 Å². The zero-order chi connectivity index (χ0) is 36.7. The number of carbonyl (C=O) groups excluding carboxylic acids is 2. The molecule has 2 amide bonds. The monoisotopic (exact) mass is 717 g/mol. The molecule has 3 heterocycles. The third-order valence-electron chi connectivity index (χ3n) is 9.50. The fourth-order valence-electron chi connectivity index (χ4n) is 6.81. The van der Waals surface area contributed by atoms with Crippen LogP contribution in [0.15, 0.2) is 59.9 Å². The van der Waals surface area contributed by atoms with Gasteiger partial charge in [0.1, 0.15) is 17.9 Å². The molecule has 272 valence electrons. The summed E-state index contributed by atoms with van der Waals surface area (Å²) >= 11 is 0. The first-order valence-corrected chi connectivity index (χ1v) is 16.3. The molecule has 51 heavy (non-hydrogen) atoms. The minimum absolute atomic E-state index is 0.0419. The van der Waals surface area contributed by atoms with E-state index in [-0.39, 0.29) is 58.9 Å². The summed E-state index contributed by atoms with van der Waals surface area (Å²) in [6.45, 7) is 1.97. The third kappa shape index (κ3) is 6.67. The van der Waals surface area contributed by atoms with Crippen molar-refractivity contribution in [2.24, 2.45) is 0 Å². The molecule has 0 bridgehead atoms. The van der Waals surface area contributed by atoms with E-state index in [0.29, 0.717) is 19.4 Å². The molecular weight excluding hydrogens is 681 g/mol. The van der Waals surface area contributed by atoms with Crippen LogP contribution in [-0.2, 0) is 27.0 Å². The van der Waals surface area contributed by atoms with Crippen molar-refractivity contribution < 1.29 is 55.6 Å². The molecule has 0 spiro atoms. The van der Waals surface area contributed by atoms with Crippen LogP contribution in [0.5, 0.6) is 17.2 Å². The molecule has 3 aromatic rings. The predicted molar refractivity (Wildman–Crippen MR) is 174 cm³/mol. The van der Waals surface area contributed by atoms with E-state index >= 15 is 8.78 Å². The maximum atomic E-state index is 15.5. The number of halogens is 5. The molecule has 0 saturated carbocycles. The lowest BCUT2D eigenvalue weighted by atomic mass is 9.90. The number of amides is 2. The smallest absolute Gasteiger partial charge is 0.416 e. The van der Waals surface area contributed by atoms with Crippen molar-refractivity contribution in [1.29, 1.82) is 0 Å². The first-order valence-electron chi connectivity index (χ1n) is 16.3. The van der Waals surface area contributed by atoms with Crippen molar-refractivity contribution in [3.8, 4) is 28.4 Å². The number of nitrogens with one attached hydrogen (secondary N) is 1. The Hall–Kier alpha value is -4.89. The van der Waals surface area contributed by atoms with E-state index in [0.717, 1.165) is 36.0 Å². The number of aliphatic hydroxyl groups is 1. The number of hydrazine groups is 1. The molecule has 2 saturated heterocycles. The molecule has 3 aromatic carbocycles. The summed E-state index contributed by atoms with van der Waals surface area (Å²) in [6, 6.07) is 9.68. The molecule has 2 fully saturated rings. The number of rotatable bonds is 10. The van der Waals surface area contributed by atoms with Gasteiger partial charge in [-0.05, 0) is 62.9 Å². The number of ether oxygens (including phenoxy) is 4. The lowest BCUT2D eigenvalue weighted by Gasteiger charge is -2.46. The highest BCUT2D eigenvalue weighted by atomic mass is 19.4. The maximum absolute atomic E-state index is 15.5. The number of para-hydroxylation sites is 1. The standard InChI is InChI=1S/C36H36F5N3O7/c1-35-14-6-15-44(35)43(18-20-10-13-26(30(38)29(20)37)51-19-22-7-5-16-50-22)34(47)28(32(35)45)33(46)42-25-12-11-21(36(39,40)41)17-24(25)23-8-4-9-27(48-2)31(23)49-3/h4,8-13,17,22,45H,5-7,14-16,18-19H2,1-3H3,(H,42,46)/t22-,35?/m1/s1. The van der Waals surface area contributed by atoms with Crippen molar-refractivity contribution in [3.05, 3.63) is 82.6 Å². The third-order valence-corrected chi connectivity index (χ3v) is 9.50. The fourth-order valence-corrected chi connectivity index (χ4v) is 6.81. The van der Waals surface area contributed by atoms with Gasteiger partial charge in [0.25, 0.3) is 11.8 Å². The van der Waals surface area contributed by atoms with E-state index in [1.54, 1.807) is 13.0 Å². The van der Waals surface area contributed by atoms with Crippen molar-refractivity contribution in [2.75, 3.05) is 39.3 Å². The van der Waals surface area contributed by atoms with Crippen LogP contribution >= 0.6 is 0 Å². The predicted octanol–water partition coefficient (Wildman–Crippen LogP) is 6.79. The molecule has 2 N–H and O–H groups in total. The first-order chi connectivity index (χ1) is 24.3. The Morgan fingerprint density at radius 1 is 1.04 bits per heavy atom. The fraction of sp³-hybridized carbons (Fsp3) is 0.389. The van der Waals surface area contributed by atoms with Gasteiger partial charge in [-0.2, -0.15) is 17.6 Å². The molecule has 0 aromatic heterocycles. The summed E-state index contributed by atoms with van der Waals surface area (Å²) in [7, 11) is 2.66. The van der Waals surface area contributed by atoms with Gasteiger partial charge in [-0.15, -0.1) is 0 Å². The SMILES string of the molecule is COc1cccc(-c2cc(C(F)(F)F)ccc2NC(=O)C2=C(O)C3(C)CCCN3N(Cc3ccc(OC[C@H]4CCCO4)c(F)c3F)C2=O)c1OC. The van der Waals surface area contributed by atoms with Crippen LogP contribution < -0.4 is 19.5 Å². The lowest BCUT2D eigenvalue weighted by Crippen LogP contribution is -2.60. The van der Waals surface area contributed by atoms with E-state index < -0.39 is 58.6 Å². The van der Waals surface area contributed by atoms with Crippen LogP contribution in [0.2, 0.25) is 0 Å². The average Bonchev–Trinajstić information content (AvgIpc) is 3.78. The van der Waals surface area contributed by atoms with E-state index in [2.05, 4.69) is 5.32 Å². The number of hydrogen-bond donors (Lipinski definition) is 2. The van der Waals surface area contributed by atoms with E-state index in [1.807, 2.05) is 0 Å². The number of benzene rings is 3. The number of carbonyl (C=O) groups is 2. The highest BCUT2D eigenvalue weighted by Crippen LogP contribution is 2.45. The normalized spacial score (nSPS) is 20.8. The maximum Gasteiger partial charge on any atom is 0.416 e. The number of anilines is 1. The van der Waals surface area contributed by atoms with Crippen LogP contribution in [0.25, 0.3) is 11.1 Å². The highest BCUT2D eigenvalue weighted by molar-refractivity contribution is 6.24. The van der Waals surface area contributed by atoms with Crippen molar-refractivity contribution in [3.63, 3.8) is 0 Å². The molecule has 3 aliphatic rings. The van der Waals surface area contributed by atoms with Gasteiger partial charge >= 0.3 is 6.18 Å². The molecule has 10 nitrogen and oxygen atoms in total. The number of alkyl halides is 3. The Kier molecular flexibility index (Phi) is 9.88. The van der Waals surface area contributed by atoms with Gasteiger partial charge in [-0.1, -0.05) is 18.2 Å². The highest BCUT2D eigenvalue weighted by Gasteiger charge is 2.53. The van der Waals surface area contributed by atoms with Crippen molar-refractivity contribution in [1.82, 2.24) is 10.0 Å². The quantitative estimate of drug-likeness (QED) is 0.175. The second-order valence-electron chi connectivity index (χ2n) is 12.6. The average molecular weight is 718 g/mol. The van der Waals surface area contributed by atoms with Gasteiger partial charge < -0.3 is 29.4 Å². The molecule has 0 radical (unpaired) electrons. The number of hydrogen-bond acceptors (Lipinski definition) is 8. The van der Waals surface area contributed by atoms with Crippen molar-refractivity contribution in [2.45, 2.75) is 57.0 Å². The zero-order valence-electron chi connectivity index (χ0n) is 28.0. The van der Waals surface area contributed by atoms with Gasteiger partial charge in [0.05, 0.1) is 38.0 Å². The minimum Gasteiger partial charge on any atom is -0.509 e. The summed E-state index contributed by atoms with van der Waals surface area (Å²) in [4.78, 5) is 28.0. The van der Waals surface area contributed by atoms with Crippen LogP contribution in [-0.4, -0.2) is 72.6 Å². The molecule has 6 rings (SSSR count). The summed E-state index contributed by atoms with van der Waals surface area (Å²) in [5.41, 5.74) is -3.31. The molecule has 2 atom stereocenters. The minimum atomic E-state index is -4.74. The van der Waals surface area contributed by atoms with Crippen molar-refractivity contribution >= 4 is 17.5 Å². The molecule has 1 unspecified atom stereocenters. The molecule has 0 aliphatic carbocycles. The van der Waals surface area contributed by atoms with Crippen LogP contribution in [0.4, 0.5) is 27.6 Å². The second-order valence-corrected chi connectivity index (χ2v) is 12.6. The Bertz CT molecular complexity index is 1880. The van der Waals surface area contributed by atoms with E-state index in [9.17, 15) is 27.9 Å². The Labute approximate surface area is 290 Å². The summed E-state index contributed by atoms with van der Waals surface area (Å²) < 4.78 is 93.9. The molecule has 3 aliphatic heterocycles. The molecule has 15 heteroatoms. The summed E-state index contributed by atoms with van der Waals surface area (Å²) in [5, 5.41) is 16.5. The number of fused-ring (bicyclic) bond motifs is 1. The first kappa shape index (κ1) is 35.9. The van der Waals surface area contributed by atoms with Gasteiger partial charge in [-0.3, -0.25) is 14.6 Å². The van der Waals surface area contributed by atoms with Gasteiger partial charge in [-0.25, -0.2) is 9.40 Å². The second kappa shape index (κ2) is 14.0. The Balaban J connectivity index is 1.33. The van der Waals surface area contributed by atoms with E-state index in [1.165, 1.54) is 43.5 Å². The van der Waals surface area contributed by atoms with Gasteiger partial charge in [0.15, 0.2) is 23.1 Å². The van der Waals surface area contributed by atoms with Gasteiger partial charge in [0, 0.05) is 35.5 Å². The Morgan fingerprint density at radius 2 is 1.82 bits per heavy atom. The topological polar surface area (TPSA) is 110 Å². The zero-order valence-corrected chi connectivity index (χ0v) is 28.0. The van der Waals surface area contributed by atoms with Crippen LogP contribution in [0.3, 0.4) is 0 Å². The largest absolute Gasteiger partial charge is 0.509 e. The Morgan fingerprint density at radius 3 is 2.51 bits per heavy atom. The number of nitrogens with zero attached hydrogens (tertiary/aromatic N) is 2. The summed E-state index contributed by atoms with van der Waals surface area (Å²) in [5.74, 6) is -5.22. The lowest BCUT2D eigenvalue weighted by molar-refractivity contribution is -0.160. The number of methoxy groups -OCH3 is 2. The van der Waals surface area contributed by atoms with Crippen LogP contribution in [0.1, 0.15) is 43.7 Å².